The minimum atomic E-state index is -0.0466. The molecular weight excluding hydrogens is 252 g/mol. The highest BCUT2D eigenvalue weighted by molar-refractivity contribution is 6.18. The van der Waals surface area contributed by atoms with Crippen molar-refractivity contribution in [3.8, 4) is 0 Å². The van der Waals surface area contributed by atoms with Crippen LogP contribution in [0, 0.1) is 0 Å². The molecule has 0 fully saturated rings. The van der Waals surface area contributed by atoms with E-state index in [2.05, 4.69) is 10.6 Å². The maximum atomic E-state index is 11.4. The number of alkyl halides is 1. The zero-order valence-corrected chi connectivity index (χ0v) is 11.1. The summed E-state index contributed by atoms with van der Waals surface area (Å²) >= 11 is 5.51. The van der Waals surface area contributed by atoms with Crippen LogP contribution in [-0.2, 0) is 16.0 Å². The van der Waals surface area contributed by atoms with Crippen molar-refractivity contribution in [3.05, 3.63) is 29.8 Å². The lowest BCUT2D eigenvalue weighted by molar-refractivity contribution is -0.120. The zero-order chi connectivity index (χ0) is 13.4. The number of hydrogen-bond donors (Lipinski definition) is 2. The molecule has 0 aliphatic carbocycles. The van der Waals surface area contributed by atoms with Crippen molar-refractivity contribution in [3.63, 3.8) is 0 Å². The van der Waals surface area contributed by atoms with Crippen LogP contribution in [0.15, 0.2) is 24.3 Å². The van der Waals surface area contributed by atoms with Gasteiger partial charge >= 0.3 is 0 Å². The topological polar surface area (TPSA) is 58.2 Å². The van der Waals surface area contributed by atoms with Gasteiger partial charge in [-0.3, -0.25) is 9.59 Å². The molecule has 1 aromatic rings. The molecule has 2 amide bonds. The highest BCUT2D eigenvalue weighted by atomic mass is 35.5. The summed E-state index contributed by atoms with van der Waals surface area (Å²) in [6.07, 6.45) is 1.43. The molecule has 4 nitrogen and oxygen atoms in total. The number of rotatable bonds is 6. The average molecular weight is 269 g/mol. The molecule has 0 aliphatic heterocycles. The van der Waals surface area contributed by atoms with E-state index in [0.29, 0.717) is 25.1 Å². The molecule has 0 saturated carbocycles. The van der Waals surface area contributed by atoms with Gasteiger partial charge in [0.15, 0.2) is 0 Å². The maximum absolute atomic E-state index is 11.4. The van der Waals surface area contributed by atoms with E-state index in [1.54, 1.807) is 19.2 Å². The molecule has 0 spiro atoms. The smallest absolute Gasteiger partial charge is 0.224 e. The van der Waals surface area contributed by atoms with E-state index >= 15 is 0 Å². The Kier molecular flexibility index (Phi) is 6.22. The molecule has 0 bridgehead atoms. The van der Waals surface area contributed by atoms with Gasteiger partial charge in [-0.15, -0.1) is 11.6 Å². The molecule has 0 unspecified atom stereocenters. The first-order valence-corrected chi connectivity index (χ1v) is 6.34. The second-order valence-corrected chi connectivity index (χ2v) is 4.27. The predicted octanol–water partition coefficient (Wildman–Crippen LogP) is 1.93. The van der Waals surface area contributed by atoms with Gasteiger partial charge in [-0.05, 0) is 24.1 Å². The Balaban J connectivity index is 2.49. The summed E-state index contributed by atoms with van der Waals surface area (Å²) < 4.78 is 0. The van der Waals surface area contributed by atoms with Gasteiger partial charge in [-0.2, -0.15) is 0 Å². The number of nitrogens with one attached hydrogen (secondary N) is 2. The summed E-state index contributed by atoms with van der Waals surface area (Å²) in [5.74, 6) is 0.405. The van der Waals surface area contributed by atoms with E-state index in [1.165, 1.54) is 0 Å². The molecule has 0 atom stereocenters. The number of hydrogen-bond acceptors (Lipinski definition) is 2. The predicted molar refractivity (Wildman–Crippen MR) is 72.8 cm³/mol. The van der Waals surface area contributed by atoms with E-state index in [1.807, 2.05) is 12.1 Å². The second kappa shape index (κ2) is 7.71. The monoisotopic (exact) mass is 268 g/mol. The second-order valence-electron chi connectivity index (χ2n) is 3.89. The van der Waals surface area contributed by atoms with E-state index < -0.39 is 0 Å². The number of halogens is 1. The van der Waals surface area contributed by atoms with E-state index in [0.717, 1.165) is 11.3 Å². The number of carbonyl (C=O) groups is 2. The molecule has 0 heterocycles. The normalized spacial score (nSPS) is 9.89. The lowest BCUT2D eigenvalue weighted by Gasteiger charge is -2.06. The molecule has 0 aliphatic rings. The molecule has 5 heteroatoms. The summed E-state index contributed by atoms with van der Waals surface area (Å²) in [6.45, 7) is 0. The van der Waals surface area contributed by atoms with Crippen molar-refractivity contribution in [2.45, 2.75) is 19.3 Å². The van der Waals surface area contributed by atoms with Crippen LogP contribution in [0.5, 0.6) is 0 Å². The molecule has 0 saturated heterocycles. The Labute approximate surface area is 112 Å². The van der Waals surface area contributed by atoms with E-state index in [-0.39, 0.29) is 11.8 Å². The highest BCUT2D eigenvalue weighted by Crippen LogP contribution is 2.10. The fourth-order valence-corrected chi connectivity index (χ4v) is 1.56. The number of benzene rings is 1. The van der Waals surface area contributed by atoms with Crippen LogP contribution in [0.2, 0.25) is 0 Å². The third kappa shape index (κ3) is 5.19. The molecule has 1 rings (SSSR count). The Morgan fingerprint density at radius 3 is 2.39 bits per heavy atom. The Morgan fingerprint density at radius 2 is 1.83 bits per heavy atom. The molecular formula is C13H17ClN2O2. The fourth-order valence-electron chi connectivity index (χ4n) is 1.43. The van der Waals surface area contributed by atoms with Crippen LogP contribution in [0.1, 0.15) is 18.4 Å². The maximum Gasteiger partial charge on any atom is 0.224 e. The van der Waals surface area contributed by atoms with Crippen molar-refractivity contribution in [1.82, 2.24) is 5.32 Å². The third-order valence-corrected chi connectivity index (χ3v) is 2.69. The number of carbonyl (C=O) groups excluding carboxylic acids is 2. The summed E-state index contributed by atoms with van der Waals surface area (Å²) in [6, 6.07) is 7.23. The van der Waals surface area contributed by atoms with Crippen molar-refractivity contribution in [2.24, 2.45) is 0 Å². The Bertz CT molecular complexity index is 404. The van der Waals surface area contributed by atoms with Crippen molar-refractivity contribution in [1.29, 1.82) is 0 Å². The van der Waals surface area contributed by atoms with Gasteiger partial charge in [0.25, 0.3) is 0 Å². The molecule has 2 N–H and O–H groups in total. The average Bonchev–Trinajstić information content (AvgIpc) is 2.38. The van der Waals surface area contributed by atoms with Gasteiger partial charge in [0.1, 0.15) is 0 Å². The zero-order valence-electron chi connectivity index (χ0n) is 10.3. The lowest BCUT2D eigenvalue weighted by Crippen LogP contribution is -2.19. The van der Waals surface area contributed by atoms with Crippen molar-refractivity contribution >= 4 is 29.1 Å². The summed E-state index contributed by atoms with van der Waals surface area (Å²) in [7, 11) is 1.60. The summed E-state index contributed by atoms with van der Waals surface area (Å²) in [5.41, 5.74) is 1.64. The van der Waals surface area contributed by atoms with E-state index in [4.69, 9.17) is 11.6 Å². The molecule has 1 aromatic carbocycles. The highest BCUT2D eigenvalue weighted by Gasteiger charge is 2.03. The van der Waals surface area contributed by atoms with Crippen LogP contribution in [0.4, 0.5) is 5.69 Å². The first kappa shape index (κ1) is 14.5. The van der Waals surface area contributed by atoms with Crippen LogP contribution in [0.3, 0.4) is 0 Å². The SMILES string of the molecule is CNC(=O)Cc1ccc(NC(=O)CCCCl)cc1. The first-order valence-electron chi connectivity index (χ1n) is 5.81. The molecule has 0 radical (unpaired) electrons. The number of likely N-dealkylation sites (N-methyl/N-ethyl adjacent to an activating group) is 1. The fraction of sp³-hybridized carbons (Fsp3) is 0.385. The standard InChI is InChI=1S/C13H17ClN2O2/c1-15-13(18)9-10-4-6-11(7-5-10)16-12(17)3-2-8-14/h4-7H,2-3,8-9H2,1H3,(H,15,18)(H,16,17). The van der Waals surface area contributed by atoms with Gasteiger partial charge in [-0.1, -0.05) is 12.1 Å². The Hall–Kier alpha value is -1.55. The molecule has 0 aromatic heterocycles. The third-order valence-electron chi connectivity index (χ3n) is 2.42. The van der Waals surface area contributed by atoms with Gasteiger partial charge in [0.2, 0.25) is 11.8 Å². The number of amides is 2. The van der Waals surface area contributed by atoms with Gasteiger partial charge < -0.3 is 10.6 Å². The van der Waals surface area contributed by atoms with Crippen LogP contribution >= 0.6 is 11.6 Å². The minimum Gasteiger partial charge on any atom is -0.359 e. The first-order chi connectivity index (χ1) is 8.65. The van der Waals surface area contributed by atoms with Crippen molar-refractivity contribution in [2.75, 3.05) is 18.2 Å². The minimum absolute atomic E-state index is 0.0334. The molecule has 98 valence electrons. The van der Waals surface area contributed by atoms with Crippen molar-refractivity contribution < 1.29 is 9.59 Å². The number of anilines is 1. The van der Waals surface area contributed by atoms with Crippen LogP contribution in [-0.4, -0.2) is 24.7 Å². The molecule has 18 heavy (non-hydrogen) atoms. The van der Waals surface area contributed by atoms with Gasteiger partial charge in [0.05, 0.1) is 6.42 Å². The van der Waals surface area contributed by atoms with Crippen LogP contribution < -0.4 is 10.6 Å². The van der Waals surface area contributed by atoms with Crippen LogP contribution in [0.25, 0.3) is 0 Å². The van der Waals surface area contributed by atoms with Gasteiger partial charge in [-0.25, -0.2) is 0 Å². The quantitative estimate of drug-likeness (QED) is 0.775. The van der Waals surface area contributed by atoms with Gasteiger partial charge in [0, 0.05) is 25.0 Å². The summed E-state index contributed by atoms with van der Waals surface area (Å²) in [5, 5.41) is 5.34. The Morgan fingerprint density at radius 1 is 1.17 bits per heavy atom. The summed E-state index contributed by atoms with van der Waals surface area (Å²) in [4.78, 5) is 22.6. The largest absolute Gasteiger partial charge is 0.359 e. The lowest BCUT2D eigenvalue weighted by atomic mass is 10.1. The van der Waals surface area contributed by atoms with E-state index in [9.17, 15) is 9.59 Å².